The Bertz CT molecular complexity index is 532. The number of amides is 1. The second kappa shape index (κ2) is 8.80. The van der Waals surface area contributed by atoms with Gasteiger partial charge in [0, 0.05) is 29.2 Å². The van der Waals surface area contributed by atoms with Crippen molar-refractivity contribution in [3.8, 4) is 0 Å². The number of alkyl halides is 3. The molecule has 1 aromatic rings. The molecule has 0 aromatic heterocycles. The number of halogens is 3. The molecule has 0 spiro atoms. The van der Waals surface area contributed by atoms with E-state index in [1.165, 1.54) is 0 Å². The lowest BCUT2D eigenvalue weighted by Gasteiger charge is -2.22. The number of rotatable bonds is 3. The first-order chi connectivity index (χ1) is 10.5. The highest BCUT2D eigenvalue weighted by atomic mass is 35.6. The van der Waals surface area contributed by atoms with Crippen LogP contribution in [0.1, 0.15) is 0 Å². The fourth-order valence-electron chi connectivity index (χ4n) is 1.46. The number of oxime groups is 1. The maximum Gasteiger partial charge on any atom is 0.451 e. The van der Waals surface area contributed by atoms with Crippen molar-refractivity contribution in [2.24, 2.45) is 5.16 Å². The van der Waals surface area contributed by atoms with E-state index in [1.807, 2.05) is 6.07 Å². The molecule has 22 heavy (non-hydrogen) atoms. The molecule has 1 aliphatic rings. The summed E-state index contributed by atoms with van der Waals surface area (Å²) in [6.45, 7) is 0. The molecule has 0 unspecified atom stereocenters. The monoisotopic (exact) mass is 416 g/mol. The SMILES string of the molecule is O=C(ON=C1CSCCS1)N(SC(Cl)(Cl)Cl)c1ccccc1. The van der Waals surface area contributed by atoms with Gasteiger partial charge >= 0.3 is 6.09 Å². The van der Waals surface area contributed by atoms with Crippen LogP contribution in [0.15, 0.2) is 35.5 Å². The van der Waals surface area contributed by atoms with Crippen LogP contribution in [0.25, 0.3) is 0 Å². The molecule has 0 aliphatic carbocycles. The van der Waals surface area contributed by atoms with Gasteiger partial charge < -0.3 is 0 Å². The van der Waals surface area contributed by atoms with Crippen molar-refractivity contribution in [2.75, 3.05) is 21.6 Å². The molecule has 0 bridgehead atoms. The van der Waals surface area contributed by atoms with Crippen LogP contribution >= 0.6 is 70.3 Å². The summed E-state index contributed by atoms with van der Waals surface area (Å²) in [4.78, 5) is 17.2. The van der Waals surface area contributed by atoms with Gasteiger partial charge in [-0.25, -0.2) is 9.10 Å². The lowest BCUT2D eigenvalue weighted by atomic mass is 10.3. The van der Waals surface area contributed by atoms with Crippen molar-refractivity contribution in [2.45, 2.75) is 3.12 Å². The fraction of sp³-hybridized carbons (Fsp3) is 0.333. The smallest absolute Gasteiger partial charge is 0.296 e. The number of nitrogens with zero attached hydrogens (tertiary/aromatic N) is 2. The molecule has 1 fully saturated rings. The number of hydrogen-bond donors (Lipinski definition) is 0. The molecule has 1 amide bonds. The largest absolute Gasteiger partial charge is 0.451 e. The third kappa shape index (κ3) is 6.29. The van der Waals surface area contributed by atoms with Gasteiger partial charge in [-0.1, -0.05) is 58.2 Å². The van der Waals surface area contributed by atoms with Crippen molar-refractivity contribution < 1.29 is 9.63 Å². The Kier molecular flexibility index (Phi) is 7.37. The minimum Gasteiger partial charge on any atom is -0.296 e. The minimum absolute atomic E-state index is 0.537. The molecule has 0 saturated carbocycles. The van der Waals surface area contributed by atoms with Gasteiger partial charge in [-0.2, -0.15) is 11.8 Å². The van der Waals surface area contributed by atoms with E-state index in [4.69, 9.17) is 39.6 Å². The van der Waals surface area contributed by atoms with Gasteiger partial charge in [0.25, 0.3) is 3.12 Å². The number of thioether (sulfide) groups is 2. The van der Waals surface area contributed by atoms with Crippen LogP contribution in [0, 0.1) is 0 Å². The number of carbonyl (C=O) groups is 1. The summed E-state index contributed by atoms with van der Waals surface area (Å²) in [5.41, 5.74) is 0.537. The molecule has 120 valence electrons. The van der Waals surface area contributed by atoms with Gasteiger partial charge in [-0.05, 0) is 12.1 Å². The molecule has 2 rings (SSSR count). The van der Waals surface area contributed by atoms with Gasteiger partial charge in [0.15, 0.2) is 0 Å². The fourth-order valence-corrected chi connectivity index (χ4v) is 4.71. The van der Waals surface area contributed by atoms with Crippen LogP contribution < -0.4 is 4.31 Å². The van der Waals surface area contributed by atoms with E-state index in [-0.39, 0.29) is 0 Å². The zero-order valence-corrected chi connectivity index (χ0v) is 15.8. The highest BCUT2D eigenvalue weighted by Gasteiger charge is 2.31. The summed E-state index contributed by atoms with van der Waals surface area (Å²) in [5, 5.41) is 4.66. The van der Waals surface area contributed by atoms with Crippen LogP contribution in [-0.2, 0) is 4.84 Å². The predicted molar refractivity (Wildman–Crippen MR) is 101 cm³/mol. The molecule has 10 heteroatoms. The number of hydrogen-bond acceptors (Lipinski definition) is 6. The number of anilines is 1. The first-order valence-electron chi connectivity index (χ1n) is 6.05. The van der Waals surface area contributed by atoms with Crippen LogP contribution in [-0.4, -0.2) is 31.5 Å². The Morgan fingerprint density at radius 1 is 1.27 bits per heavy atom. The second-order valence-corrected chi connectivity index (χ2v) is 10.3. The number of benzene rings is 1. The lowest BCUT2D eigenvalue weighted by molar-refractivity contribution is 0.163. The zero-order valence-electron chi connectivity index (χ0n) is 11.1. The lowest BCUT2D eigenvalue weighted by Crippen LogP contribution is -2.27. The highest BCUT2D eigenvalue weighted by molar-refractivity contribution is 8.18. The standard InChI is InChI=1S/C12H11Cl3N2O2S3/c13-12(14,15)22-17(9-4-2-1-3-5-9)11(18)19-16-10-8-20-6-7-21-10/h1-5H,6-8H2. The van der Waals surface area contributed by atoms with Gasteiger partial charge in [0.05, 0.1) is 5.69 Å². The van der Waals surface area contributed by atoms with E-state index in [9.17, 15) is 4.79 Å². The topological polar surface area (TPSA) is 41.9 Å². The van der Waals surface area contributed by atoms with Gasteiger partial charge in [-0.3, -0.25) is 4.84 Å². The van der Waals surface area contributed by atoms with E-state index < -0.39 is 9.22 Å². The molecule has 1 heterocycles. The molecule has 4 nitrogen and oxygen atoms in total. The van der Waals surface area contributed by atoms with E-state index >= 15 is 0 Å². The molecule has 1 saturated heterocycles. The van der Waals surface area contributed by atoms with E-state index in [1.54, 1.807) is 47.8 Å². The first-order valence-corrected chi connectivity index (χ1v) is 10.1. The third-order valence-corrected chi connectivity index (χ3v) is 6.04. The molecule has 1 aromatic carbocycles. The van der Waals surface area contributed by atoms with E-state index in [2.05, 4.69) is 5.16 Å². The molecule has 0 N–H and O–H groups in total. The maximum absolute atomic E-state index is 12.2. The second-order valence-electron chi connectivity index (χ2n) is 3.91. The number of carbonyl (C=O) groups excluding carboxylic acids is 1. The highest BCUT2D eigenvalue weighted by Crippen LogP contribution is 2.43. The molecular formula is C12H11Cl3N2O2S3. The van der Waals surface area contributed by atoms with Crippen molar-refractivity contribution >= 4 is 87.1 Å². The average molecular weight is 418 g/mol. The Labute approximate surface area is 156 Å². The first kappa shape index (κ1) is 18.4. The van der Waals surface area contributed by atoms with Crippen LogP contribution in [0.5, 0.6) is 0 Å². The molecule has 1 aliphatic heterocycles. The predicted octanol–water partition coefficient (Wildman–Crippen LogP) is 5.40. The molecule has 0 radical (unpaired) electrons. The summed E-state index contributed by atoms with van der Waals surface area (Å²) >= 11 is 21.4. The summed E-state index contributed by atoms with van der Waals surface area (Å²) in [6.07, 6.45) is -0.716. The minimum atomic E-state index is -1.70. The summed E-state index contributed by atoms with van der Waals surface area (Å²) < 4.78 is -0.533. The van der Waals surface area contributed by atoms with Crippen molar-refractivity contribution in [3.63, 3.8) is 0 Å². The molecule has 0 atom stereocenters. The Morgan fingerprint density at radius 2 is 2.00 bits per heavy atom. The normalized spacial score (nSPS) is 17.3. The van der Waals surface area contributed by atoms with Crippen LogP contribution in [0.3, 0.4) is 0 Å². The Balaban J connectivity index is 2.09. The molecular weight excluding hydrogens is 407 g/mol. The summed E-state index contributed by atoms with van der Waals surface area (Å²) in [5.74, 6) is 2.75. The Hall–Kier alpha value is 0.0800. The number of para-hydroxylation sites is 1. The van der Waals surface area contributed by atoms with Gasteiger partial charge in [-0.15, -0.1) is 11.8 Å². The van der Waals surface area contributed by atoms with Crippen molar-refractivity contribution in [1.82, 2.24) is 0 Å². The van der Waals surface area contributed by atoms with Crippen LogP contribution in [0.4, 0.5) is 10.5 Å². The Morgan fingerprint density at radius 3 is 2.59 bits per heavy atom. The summed E-state index contributed by atoms with van der Waals surface area (Å²) in [6, 6.07) is 8.79. The maximum atomic E-state index is 12.2. The average Bonchev–Trinajstić information content (AvgIpc) is 2.51. The summed E-state index contributed by atoms with van der Waals surface area (Å²) in [7, 11) is 0. The zero-order chi connectivity index (χ0) is 16.0. The van der Waals surface area contributed by atoms with Crippen molar-refractivity contribution in [3.05, 3.63) is 30.3 Å². The van der Waals surface area contributed by atoms with E-state index in [0.29, 0.717) is 5.69 Å². The quantitative estimate of drug-likeness (QED) is 0.285. The van der Waals surface area contributed by atoms with Gasteiger partial charge in [0.2, 0.25) is 0 Å². The van der Waals surface area contributed by atoms with Gasteiger partial charge in [0.1, 0.15) is 5.04 Å². The van der Waals surface area contributed by atoms with E-state index in [0.717, 1.165) is 38.6 Å². The third-order valence-electron chi connectivity index (χ3n) is 2.30. The van der Waals surface area contributed by atoms with Crippen molar-refractivity contribution in [1.29, 1.82) is 0 Å². The van der Waals surface area contributed by atoms with Crippen LogP contribution in [0.2, 0.25) is 0 Å².